The van der Waals surface area contributed by atoms with E-state index < -0.39 is 14.5 Å². The maximum atomic E-state index is 6.84. The Morgan fingerprint density at radius 1 is 1.08 bits per heavy atom. The van der Waals surface area contributed by atoms with E-state index in [0.29, 0.717) is 0 Å². The quantitative estimate of drug-likeness (QED) is 0.283. The molecule has 1 saturated heterocycles. The van der Waals surface area contributed by atoms with Gasteiger partial charge in [-0.05, 0) is 36.2 Å². The van der Waals surface area contributed by atoms with Crippen LogP contribution < -0.4 is 0 Å². The molecule has 6 atom stereocenters. The van der Waals surface area contributed by atoms with Crippen molar-refractivity contribution in [1.29, 1.82) is 0 Å². The Morgan fingerprint density at radius 2 is 1.73 bits per heavy atom. The minimum absolute atomic E-state index is 0.799. The van der Waals surface area contributed by atoms with Crippen LogP contribution in [-0.4, -0.2) is 24.7 Å². The van der Waals surface area contributed by atoms with Gasteiger partial charge in [0.2, 0.25) is 0 Å². The Kier molecular flexibility index (Phi) is 6.38. The molecule has 1 aliphatic heterocycles. The van der Waals surface area contributed by atoms with Gasteiger partial charge in [-0.3, -0.25) is 0 Å². The van der Waals surface area contributed by atoms with E-state index in [4.69, 9.17) is 12.2 Å². The van der Waals surface area contributed by atoms with Crippen molar-refractivity contribution in [1.82, 2.24) is 0 Å². The fourth-order valence-electron chi connectivity index (χ4n) is 5.89. The Labute approximate surface area is 169 Å². The molecule has 1 aromatic rings. The van der Waals surface area contributed by atoms with E-state index in [1.807, 2.05) is 0 Å². The summed E-state index contributed by atoms with van der Waals surface area (Å²) in [4.78, 5) is 0. The average molecular weight is 407 g/mol. The van der Waals surface area contributed by atoms with Crippen LogP contribution in [0, 0.1) is 17.8 Å². The molecule has 0 amide bonds. The molecule has 3 heteroatoms. The zero-order valence-electron chi connectivity index (χ0n) is 17.7. The first-order chi connectivity index (χ1) is 12.1. The van der Waals surface area contributed by atoms with Gasteiger partial charge in [-0.25, -0.2) is 0 Å². The fraction of sp³-hybridized carbons (Fsp3) is 0.739. The summed E-state index contributed by atoms with van der Waals surface area (Å²) in [5.41, 5.74) is 3.19. The van der Waals surface area contributed by atoms with Crippen molar-refractivity contribution in [2.75, 3.05) is 0 Å². The molecule has 2 aliphatic rings. The van der Waals surface area contributed by atoms with Gasteiger partial charge in [-0.15, -0.1) is 6.46 Å². The summed E-state index contributed by atoms with van der Waals surface area (Å²) in [7, 11) is -1.19. The SMILES string of the molecule is CC1CCC(C(C)C)C([P+]2([S-])C(Cc3ccccc3)CC2[Si](C)(C)C)C1. The molecule has 3 rings (SSSR count). The van der Waals surface area contributed by atoms with Crippen molar-refractivity contribution in [2.24, 2.45) is 17.8 Å². The third kappa shape index (κ3) is 3.99. The normalized spacial score (nSPS) is 38.2. The fourth-order valence-corrected chi connectivity index (χ4v) is 22.0. The van der Waals surface area contributed by atoms with Crippen molar-refractivity contribution in [3.05, 3.63) is 35.9 Å². The van der Waals surface area contributed by atoms with Crippen molar-refractivity contribution in [3.63, 3.8) is 0 Å². The molecule has 2 fully saturated rings. The first-order valence-corrected chi connectivity index (χ1v) is 17.4. The summed E-state index contributed by atoms with van der Waals surface area (Å²) in [6.07, 6.45) is 6.95. The molecule has 6 unspecified atom stereocenters. The van der Waals surface area contributed by atoms with Crippen LogP contribution in [0.2, 0.25) is 19.6 Å². The van der Waals surface area contributed by atoms with E-state index in [0.717, 1.165) is 34.4 Å². The van der Waals surface area contributed by atoms with Gasteiger partial charge in [-0.1, -0.05) is 77.2 Å². The zero-order chi connectivity index (χ0) is 19.1. The molecule has 0 N–H and O–H groups in total. The first-order valence-electron chi connectivity index (χ1n) is 10.8. The lowest BCUT2D eigenvalue weighted by Crippen LogP contribution is -2.57. The van der Waals surface area contributed by atoms with Crippen LogP contribution in [0.3, 0.4) is 0 Å². The molecule has 0 spiro atoms. The lowest BCUT2D eigenvalue weighted by Gasteiger charge is -2.65. The van der Waals surface area contributed by atoms with Gasteiger partial charge in [0.25, 0.3) is 0 Å². The Hall–Kier alpha value is 0.217. The van der Waals surface area contributed by atoms with E-state index in [9.17, 15) is 0 Å². The molecule has 1 saturated carbocycles. The minimum Gasteiger partial charge on any atom is -0.556 e. The van der Waals surface area contributed by atoms with E-state index in [2.05, 4.69) is 70.7 Å². The predicted molar refractivity (Wildman–Crippen MR) is 125 cm³/mol. The second-order valence-corrected chi connectivity index (χ2v) is 22.0. The maximum Gasteiger partial charge on any atom is 0.0908 e. The van der Waals surface area contributed by atoms with E-state index in [-0.39, 0.29) is 0 Å². The van der Waals surface area contributed by atoms with Crippen LogP contribution in [0.25, 0.3) is 0 Å². The zero-order valence-corrected chi connectivity index (χ0v) is 20.5. The Morgan fingerprint density at radius 3 is 2.31 bits per heavy atom. The molecule has 146 valence electrons. The Balaban J connectivity index is 1.92. The van der Waals surface area contributed by atoms with E-state index in [1.165, 1.54) is 37.7 Å². The second kappa shape index (κ2) is 7.92. The topological polar surface area (TPSA) is 0 Å². The number of rotatable bonds is 5. The molecular weight excluding hydrogens is 367 g/mol. The lowest BCUT2D eigenvalue weighted by molar-refractivity contribution is 0.237. The number of hydrogen-bond donors (Lipinski definition) is 0. The van der Waals surface area contributed by atoms with Gasteiger partial charge < -0.3 is 12.2 Å². The largest absolute Gasteiger partial charge is 0.556 e. The van der Waals surface area contributed by atoms with E-state index >= 15 is 0 Å². The summed E-state index contributed by atoms with van der Waals surface area (Å²) in [6.45, 7) is 13.9. The average Bonchev–Trinajstić information content (AvgIpc) is 2.57. The van der Waals surface area contributed by atoms with Gasteiger partial charge in [0.15, 0.2) is 0 Å². The molecule has 0 aromatic heterocycles. The molecule has 0 bridgehead atoms. The summed E-state index contributed by atoms with van der Waals surface area (Å²) in [5.74, 6) is 2.57. The Bertz CT molecular complexity index is 596. The third-order valence-electron chi connectivity index (χ3n) is 7.37. The highest BCUT2D eigenvalue weighted by Gasteiger charge is 2.62. The lowest BCUT2D eigenvalue weighted by atomic mass is 9.77. The second-order valence-electron chi connectivity index (χ2n) is 10.6. The van der Waals surface area contributed by atoms with Gasteiger partial charge in [0.05, 0.1) is 19.4 Å². The van der Waals surface area contributed by atoms with Gasteiger partial charge >= 0.3 is 0 Å². The smallest absolute Gasteiger partial charge is 0.0908 e. The van der Waals surface area contributed by atoms with Crippen LogP contribution in [-0.2, 0) is 18.7 Å². The molecular formula is C23H39PSSi. The predicted octanol–water partition coefficient (Wildman–Crippen LogP) is 7.19. The van der Waals surface area contributed by atoms with Gasteiger partial charge in [0, 0.05) is 18.1 Å². The molecule has 26 heavy (non-hydrogen) atoms. The summed E-state index contributed by atoms with van der Waals surface area (Å²) in [5, 5.41) is 0.926. The highest BCUT2D eigenvalue weighted by Crippen LogP contribution is 2.83. The van der Waals surface area contributed by atoms with Crippen molar-refractivity contribution in [2.45, 2.75) is 89.1 Å². The van der Waals surface area contributed by atoms with Gasteiger partial charge in [0.1, 0.15) is 0 Å². The standard InChI is InChI=1S/C23H39PSSi/c1-17(2)21-13-12-18(3)14-22(21)24(25)20(16-23(24)26(4,5)6)15-19-10-8-7-9-11-19/h7-11,17-18,20-23H,12-16H2,1-6H3. The van der Waals surface area contributed by atoms with Crippen molar-refractivity contribution >= 4 is 26.8 Å². The summed E-state index contributed by atoms with van der Waals surface area (Å²) in [6, 6.07) is 11.2. The highest BCUT2D eigenvalue weighted by atomic mass is 32.7. The summed E-state index contributed by atoms with van der Waals surface area (Å²) < 4.78 is 0. The molecule has 0 nitrogen and oxygen atoms in total. The van der Waals surface area contributed by atoms with Crippen molar-refractivity contribution < 1.29 is 0 Å². The number of benzene rings is 1. The number of hydrogen-bond acceptors (Lipinski definition) is 1. The van der Waals surface area contributed by atoms with E-state index in [1.54, 1.807) is 0 Å². The minimum atomic E-state index is -1.33. The van der Waals surface area contributed by atoms with Crippen LogP contribution in [0.1, 0.15) is 52.0 Å². The molecule has 0 radical (unpaired) electrons. The van der Waals surface area contributed by atoms with Crippen LogP contribution >= 0.6 is 6.46 Å². The first kappa shape index (κ1) is 20.9. The summed E-state index contributed by atoms with van der Waals surface area (Å²) >= 11 is 6.84. The van der Waals surface area contributed by atoms with Gasteiger partial charge in [-0.2, -0.15) is 0 Å². The molecule has 1 aliphatic carbocycles. The highest BCUT2D eigenvalue weighted by molar-refractivity contribution is 8.44. The molecule has 1 heterocycles. The maximum absolute atomic E-state index is 6.84. The van der Waals surface area contributed by atoms with Crippen LogP contribution in [0.15, 0.2) is 30.3 Å². The third-order valence-corrected chi connectivity index (χ3v) is 20.6. The monoisotopic (exact) mass is 406 g/mol. The van der Waals surface area contributed by atoms with Crippen LogP contribution in [0.4, 0.5) is 0 Å². The molecule has 1 aromatic carbocycles. The van der Waals surface area contributed by atoms with Crippen LogP contribution in [0.5, 0.6) is 0 Å². The van der Waals surface area contributed by atoms with Crippen molar-refractivity contribution in [3.8, 4) is 0 Å².